The summed E-state index contributed by atoms with van der Waals surface area (Å²) in [6, 6.07) is 6.33. The molecule has 2 aromatic rings. The van der Waals surface area contributed by atoms with E-state index in [1.807, 2.05) is 11.8 Å². The second kappa shape index (κ2) is 13.6. The number of furan rings is 1. The first kappa shape index (κ1) is 30.6. The molecule has 2 amide bonds. The number of nitrogens with one attached hydrogen (secondary N) is 1. The van der Waals surface area contributed by atoms with E-state index in [9.17, 15) is 27.6 Å². The monoisotopic (exact) mass is 588 g/mol. The molecule has 0 bridgehead atoms. The van der Waals surface area contributed by atoms with Crippen molar-refractivity contribution in [3.05, 3.63) is 35.6 Å². The fraction of sp³-hybridized carbons (Fsp3) is 0.667. The summed E-state index contributed by atoms with van der Waals surface area (Å²) in [5.74, 6) is 0.182. The van der Waals surface area contributed by atoms with E-state index in [-0.39, 0.29) is 48.3 Å². The molecule has 0 unspecified atom stereocenters. The van der Waals surface area contributed by atoms with Gasteiger partial charge in [-0.25, -0.2) is 8.78 Å². The lowest BCUT2D eigenvalue weighted by Gasteiger charge is -2.37. The molecule has 3 fully saturated rings. The Bertz CT molecular complexity index is 1250. The zero-order valence-corrected chi connectivity index (χ0v) is 24.5. The third-order valence-electron chi connectivity index (χ3n) is 10.1. The first-order valence-corrected chi connectivity index (χ1v) is 15.7. The summed E-state index contributed by atoms with van der Waals surface area (Å²) in [4.78, 5) is 42.0. The smallest absolute Gasteiger partial charge is 0.287 e. The molecular formula is C33H43F3N2O4. The van der Waals surface area contributed by atoms with Gasteiger partial charge in [-0.3, -0.25) is 18.8 Å². The lowest BCUT2D eigenvalue weighted by molar-refractivity contribution is -0.143. The molecule has 3 atom stereocenters. The molecule has 230 valence electrons. The van der Waals surface area contributed by atoms with Crippen molar-refractivity contribution in [3.8, 4) is 0 Å². The maximum atomic E-state index is 14.1. The van der Waals surface area contributed by atoms with Gasteiger partial charge in [-0.05, 0) is 79.5 Å². The Morgan fingerprint density at radius 3 is 2.43 bits per heavy atom. The Hall–Kier alpha value is -2.84. The fourth-order valence-corrected chi connectivity index (χ4v) is 7.71. The molecule has 1 aromatic carbocycles. The molecule has 3 aliphatic rings. The van der Waals surface area contributed by atoms with Crippen molar-refractivity contribution in [2.24, 2.45) is 29.6 Å². The highest BCUT2D eigenvalue weighted by atomic mass is 19.3. The first-order chi connectivity index (χ1) is 20.2. The highest BCUT2D eigenvalue weighted by Crippen LogP contribution is 2.42. The summed E-state index contributed by atoms with van der Waals surface area (Å²) in [6.07, 6.45) is 7.31. The molecular weight excluding hydrogens is 545 g/mol. The molecule has 2 aliphatic carbocycles. The van der Waals surface area contributed by atoms with Gasteiger partial charge in [0.15, 0.2) is 11.5 Å². The average Bonchev–Trinajstić information content (AvgIpc) is 3.64. The lowest BCUT2D eigenvalue weighted by Crippen LogP contribution is -2.48. The SMILES string of the molecule is C[C@H](CF)C1CCC(C(=O)N2CC[C@@H](C3CCCCC3)[C@H]2C(=O)Cc2ccc3oc(C(=O)NCC(F)F)cc3c2)CC1. The van der Waals surface area contributed by atoms with Crippen LogP contribution >= 0.6 is 0 Å². The maximum Gasteiger partial charge on any atom is 0.287 e. The van der Waals surface area contributed by atoms with E-state index in [0.717, 1.165) is 63.4 Å². The van der Waals surface area contributed by atoms with Gasteiger partial charge in [-0.15, -0.1) is 0 Å². The van der Waals surface area contributed by atoms with Gasteiger partial charge in [0.1, 0.15) is 5.58 Å². The highest BCUT2D eigenvalue weighted by Gasteiger charge is 2.46. The Morgan fingerprint density at radius 1 is 1.00 bits per heavy atom. The molecule has 0 radical (unpaired) electrons. The van der Waals surface area contributed by atoms with Crippen LogP contribution in [0.5, 0.6) is 0 Å². The zero-order valence-electron chi connectivity index (χ0n) is 24.5. The number of likely N-dealkylation sites (tertiary alicyclic amines) is 1. The van der Waals surface area contributed by atoms with E-state index in [2.05, 4.69) is 5.32 Å². The molecule has 1 aromatic heterocycles. The van der Waals surface area contributed by atoms with Crippen molar-refractivity contribution in [2.75, 3.05) is 19.8 Å². The van der Waals surface area contributed by atoms with Gasteiger partial charge in [0.25, 0.3) is 12.3 Å². The summed E-state index contributed by atoms with van der Waals surface area (Å²) in [6.45, 7) is 1.47. The number of hydrogen-bond acceptors (Lipinski definition) is 4. The van der Waals surface area contributed by atoms with Crippen molar-refractivity contribution >= 4 is 28.6 Å². The summed E-state index contributed by atoms with van der Waals surface area (Å²) in [7, 11) is 0. The molecule has 42 heavy (non-hydrogen) atoms. The van der Waals surface area contributed by atoms with Crippen LogP contribution in [0.3, 0.4) is 0 Å². The fourth-order valence-electron chi connectivity index (χ4n) is 7.71. The number of carbonyl (C=O) groups is 3. The second-order valence-electron chi connectivity index (χ2n) is 12.8. The molecule has 9 heteroatoms. The van der Waals surface area contributed by atoms with Gasteiger partial charge in [0.2, 0.25) is 5.91 Å². The number of halogens is 3. The predicted molar refractivity (Wildman–Crippen MR) is 154 cm³/mol. The molecule has 0 spiro atoms. The van der Waals surface area contributed by atoms with Crippen molar-refractivity contribution in [2.45, 2.75) is 90.0 Å². The van der Waals surface area contributed by atoms with Crippen LogP contribution in [-0.2, 0) is 16.0 Å². The van der Waals surface area contributed by atoms with Gasteiger partial charge in [-0.1, -0.05) is 45.1 Å². The standard InChI is InChI=1S/C33H43F3N2O4/c1-20(18-34)22-8-10-24(11-9-22)33(41)38-14-13-26(23-5-3-2-4-6-23)31(38)27(39)16-21-7-12-28-25(15-21)17-29(42-28)32(40)37-19-30(35)36/h7,12,15,17,20,22-24,26,30-31H,2-6,8-11,13-14,16,18-19H2,1H3,(H,37,40)/t20-,22?,24?,26+,31+/m1/s1. The number of fused-ring (bicyclic) bond motifs is 1. The minimum Gasteiger partial charge on any atom is -0.451 e. The van der Waals surface area contributed by atoms with Gasteiger partial charge in [-0.2, -0.15) is 0 Å². The number of benzene rings is 1. The summed E-state index contributed by atoms with van der Waals surface area (Å²) < 4.78 is 43.8. The Morgan fingerprint density at radius 2 is 1.74 bits per heavy atom. The van der Waals surface area contributed by atoms with Crippen LogP contribution < -0.4 is 5.32 Å². The van der Waals surface area contributed by atoms with Gasteiger partial charge in [0, 0.05) is 24.3 Å². The number of alkyl halides is 3. The zero-order chi connectivity index (χ0) is 29.8. The largest absolute Gasteiger partial charge is 0.451 e. The highest BCUT2D eigenvalue weighted by molar-refractivity contribution is 5.97. The van der Waals surface area contributed by atoms with Gasteiger partial charge < -0.3 is 14.6 Å². The Balaban J connectivity index is 1.31. The molecule has 6 nitrogen and oxygen atoms in total. The predicted octanol–water partition coefficient (Wildman–Crippen LogP) is 6.75. The maximum absolute atomic E-state index is 14.1. The lowest BCUT2D eigenvalue weighted by atomic mass is 9.74. The number of ketones is 1. The van der Waals surface area contributed by atoms with Crippen LogP contribution in [0.25, 0.3) is 11.0 Å². The van der Waals surface area contributed by atoms with E-state index in [1.165, 1.54) is 12.5 Å². The second-order valence-corrected chi connectivity index (χ2v) is 12.8. The van der Waals surface area contributed by atoms with E-state index in [4.69, 9.17) is 4.42 Å². The quantitative estimate of drug-likeness (QED) is 0.333. The van der Waals surface area contributed by atoms with Crippen LogP contribution in [0.1, 0.15) is 87.3 Å². The van der Waals surface area contributed by atoms with Gasteiger partial charge in [0.05, 0.1) is 19.3 Å². The van der Waals surface area contributed by atoms with Crippen molar-refractivity contribution < 1.29 is 32.0 Å². The molecule has 2 saturated carbocycles. The van der Waals surface area contributed by atoms with Crippen LogP contribution in [0, 0.1) is 29.6 Å². The average molecular weight is 589 g/mol. The summed E-state index contributed by atoms with van der Waals surface area (Å²) >= 11 is 0. The van der Waals surface area contributed by atoms with Crippen molar-refractivity contribution in [1.29, 1.82) is 0 Å². The third kappa shape index (κ3) is 6.86. The third-order valence-corrected chi connectivity index (χ3v) is 10.1. The van der Waals surface area contributed by atoms with Crippen molar-refractivity contribution in [3.63, 3.8) is 0 Å². The molecule has 1 saturated heterocycles. The van der Waals surface area contributed by atoms with Crippen LogP contribution in [-0.4, -0.2) is 54.7 Å². The van der Waals surface area contributed by atoms with E-state index < -0.39 is 24.9 Å². The summed E-state index contributed by atoms with van der Waals surface area (Å²) in [5.41, 5.74) is 1.19. The number of rotatable bonds is 10. The van der Waals surface area contributed by atoms with Gasteiger partial charge >= 0.3 is 0 Å². The minimum absolute atomic E-state index is 0.0218. The molecule has 1 N–H and O–H groups in total. The first-order valence-electron chi connectivity index (χ1n) is 15.7. The molecule has 5 rings (SSSR count). The number of hydrogen-bond donors (Lipinski definition) is 1. The topological polar surface area (TPSA) is 79.6 Å². The number of amides is 2. The number of Topliss-reactive ketones (excluding diaryl/α,β-unsaturated/α-hetero) is 1. The Labute approximate surface area is 245 Å². The number of nitrogens with zero attached hydrogens (tertiary/aromatic N) is 1. The Kier molecular flexibility index (Phi) is 9.94. The molecule has 2 heterocycles. The van der Waals surface area contributed by atoms with Crippen LogP contribution in [0.2, 0.25) is 0 Å². The van der Waals surface area contributed by atoms with E-state index in [0.29, 0.717) is 29.3 Å². The van der Waals surface area contributed by atoms with E-state index >= 15 is 0 Å². The molecule has 1 aliphatic heterocycles. The normalized spacial score (nSPS) is 26.1. The van der Waals surface area contributed by atoms with Crippen molar-refractivity contribution in [1.82, 2.24) is 10.2 Å². The number of carbonyl (C=O) groups excluding carboxylic acids is 3. The van der Waals surface area contributed by atoms with Crippen LogP contribution in [0.4, 0.5) is 13.2 Å². The summed E-state index contributed by atoms with van der Waals surface area (Å²) in [5, 5.41) is 2.76. The van der Waals surface area contributed by atoms with E-state index in [1.54, 1.807) is 18.2 Å². The minimum atomic E-state index is -2.66. The van der Waals surface area contributed by atoms with Crippen LogP contribution in [0.15, 0.2) is 28.7 Å².